The third-order valence-corrected chi connectivity index (χ3v) is 4.96. The molecule has 0 amide bonds. The number of piperazine rings is 1. The predicted molar refractivity (Wildman–Crippen MR) is 105 cm³/mol. The lowest BCUT2D eigenvalue weighted by molar-refractivity contribution is 0.249. The van der Waals surface area contributed by atoms with E-state index in [-0.39, 0.29) is 0 Å². The van der Waals surface area contributed by atoms with Gasteiger partial charge in [0.25, 0.3) is 0 Å². The Morgan fingerprint density at radius 3 is 2.50 bits per heavy atom. The molecule has 26 heavy (non-hydrogen) atoms. The monoisotopic (exact) mass is 347 g/mol. The second-order valence-electron chi connectivity index (χ2n) is 6.71. The molecule has 3 heterocycles. The van der Waals surface area contributed by atoms with Gasteiger partial charge in [0.05, 0.1) is 6.20 Å². The van der Waals surface area contributed by atoms with Gasteiger partial charge in [0.2, 0.25) is 0 Å². The molecule has 0 N–H and O–H groups in total. The van der Waals surface area contributed by atoms with Crippen molar-refractivity contribution in [3.63, 3.8) is 0 Å². The number of nitrogens with zero attached hydrogens (tertiary/aromatic N) is 5. The second kappa shape index (κ2) is 7.70. The van der Waals surface area contributed by atoms with E-state index in [9.17, 15) is 0 Å². The van der Waals surface area contributed by atoms with Gasteiger partial charge in [-0.25, -0.2) is 4.98 Å². The topological polar surface area (TPSA) is 37.2 Å². The molecule has 134 valence electrons. The predicted octanol–water partition coefficient (Wildman–Crippen LogP) is 3.29. The summed E-state index contributed by atoms with van der Waals surface area (Å²) in [7, 11) is 0. The van der Waals surface area contributed by atoms with Gasteiger partial charge in [-0.3, -0.25) is 9.58 Å². The third kappa shape index (κ3) is 3.63. The molecule has 4 rings (SSSR count). The summed E-state index contributed by atoms with van der Waals surface area (Å²) in [6.45, 7) is 8.10. The summed E-state index contributed by atoms with van der Waals surface area (Å²) < 4.78 is 1.99. The maximum absolute atomic E-state index is 4.70. The van der Waals surface area contributed by atoms with Crippen LogP contribution in [0.3, 0.4) is 0 Å². The quantitative estimate of drug-likeness (QED) is 0.710. The maximum atomic E-state index is 4.70. The van der Waals surface area contributed by atoms with Gasteiger partial charge in [-0.05, 0) is 24.6 Å². The number of aromatic nitrogens is 3. The van der Waals surface area contributed by atoms with Gasteiger partial charge in [0.15, 0.2) is 0 Å². The average Bonchev–Trinajstić information content (AvgIpc) is 3.17. The smallest absolute Gasteiger partial charge is 0.136 e. The first kappa shape index (κ1) is 16.8. The number of benzene rings is 1. The fraction of sp³-hybridized carbons (Fsp3) is 0.333. The van der Waals surface area contributed by atoms with Crippen molar-refractivity contribution in [3.8, 4) is 11.1 Å². The highest BCUT2D eigenvalue weighted by molar-refractivity contribution is 5.75. The first-order valence-corrected chi connectivity index (χ1v) is 9.32. The molecule has 1 aromatic carbocycles. The number of anilines is 1. The number of rotatable bonds is 5. The van der Waals surface area contributed by atoms with E-state index in [4.69, 9.17) is 4.98 Å². The Labute approximate surface area is 154 Å². The van der Waals surface area contributed by atoms with Crippen LogP contribution in [0.5, 0.6) is 0 Å². The van der Waals surface area contributed by atoms with Gasteiger partial charge in [-0.1, -0.05) is 30.3 Å². The Kier molecular flexibility index (Phi) is 4.97. The molecule has 0 saturated carbocycles. The zero-order valence-electron chi connectivity index (χ0n) is 15.3. The summed E-state index contributed by atoms with van der Waals surface area (Å²) in [5, 5.41) is 4.38. The van der Waals surface area contributed by atoms with Crippen molar-refractivity contribution in [1.29, 1.82) is 0 Å². The van der Waals surface area contributed by atoms with Crippen molar-refractivity contribution in [2.24, 2.45) is 0 Å². The summed E-state index contributed by atoms with van der Waals surface area (Å²) >= 11 is 0. The van der Waals surface area contributed by atoms with Gasteiger partial charge in [-0.2, -0.15) is 5.10 Å². The molecule has 0 spiro atoms. The number of aryl methyl sites for hydroxylation is 1. The Morgan fingerprint density at radius 2 is 1.77 bits per heavy atom. The fourth-order valence-electron chi connectivity index (χ4n) is 3.53. The van der Waals surface area contributed by atoms with Crippen LogP contribution in [0.1, 0.15) is 12.5 Å². The van der Waals surface area contributed by atoms with Crippen LogP contribution in [-0.4, -0.2) is 45.8 Å². The molecule has 1 saturated heterocycles. The van der Waals surface area contributed by atoms with Crippen LogP contribution in [-0.2, 0) is 13.1 Å². The van der Waals surface area contributed by atoms with Crippen LogP contribution in [0.15, 0.2) is 61.1 Å². The van der Waals surface area contributed by atoms with E-state index in [2.05, 4.69) is 64.4 Å². The largest absolute Gasteiger partial charge is 0.354 e. The van der Waals surface area contributed by atoms with Crippen molar-refractivity contribution in [2.45, 2.75) is 20.0 Å². The highest BCUT2D eigenvalue weighted by Crippen LogP contribution is 2.29. The first-order valence-electron chi connectivity index (χ1n) is 9.32. The molecular weight excluding hydrogens is 322 g/mol. The zero-order valence-corrected chi connectivity index (χ0v) is 15.3. The Morgan fingerprint density at radius 1 is 0.962 bits per heavy atom. The molecule has 3 aromatic rings. The average molecular weight is 347 g/mol. The summed E-state index contributed by atoms with van der Waals surface area (Å²) in [5.41, 5.74) is 3.74. The van der Waals surface area contributed by atoms with Crippen molar-refractivity contribution in [1.82, 2.24) is 19.7 Å². The van der Waals surface area contributed by atoms with E-state index >= 15 is 0 Å². The molecule has 0 radical (unpaired) electrons. The summed E-state index contributed by atoms with van der Waals surface area (Å²) in [5.74, 6) is 1.09. The molecule has 0 aliphatic carbocycles. The number of hydrogen-bond acceptors (Lipinski definition) is 4. The van der Waals surface area contributed by atoms with E-state index < -0.39 is 0 Å². The normalized spacial score (nSPS) is 15.3. The molecule has 2 aromatic heterocycles. The van der Waals surface area contributed by atoms with Crippen molar-refractivity contribution in [3.05, 3.63) is 66.6 Å². The third-order valence-electron chi connectivity index (χ3n) is 4.96. The van der Waals surface area contributed by atoms with E-state index in [1.165, 1.54) is 16.7 Å². The summed E-state index contributed by atoms with van der Waals surface area (Å²) in [6, 6.07) is 14.7. The standard InChI is InChI=1S/C21H25N5/c1-2-26-17-18(15-23-26)16-24-11-13-25(14-12-24)21-20(9-6-10-22-21)19-7-4-3-5-8-19/h3-10,15,17H,2,11-14,16H2,1H3. The Balaban J connectivity index is 1.44. The summed E-state index contributed by atoms with van der Waals surface area (Å²) in [6.07, 6.45) is 6.04. The highest BCUT2D eigenvalue weighted by atomic mass is 15.3. The van der Waals surface area contributed by atoms with E-state index in [0.29, 0.717) is 0 Å². The van der Waals surface area contributed by atoms with Crippen LogP contribution < -0.4 is 4.90 Å². The molecular formula is C21H25N5. The van der Waals surface area contributed by atoms with Crippen LogP contribution in [0, 0.1) is 0 Å². The van der Waals surface area contributed by atoms with Gasteiger partial charge in [0, 0.05) is 62.8 Å². The Bertz CT molecular complexity index is 834. The first-order chi connectivity index (χ1) is 12.8. The van der Waals surface area contributed by atoms with Gasteiger partial charge >= 0.3 is 0 Å². The lowest BCUT2D eigenvalue weighted by Gasteiger charge is -2.36. The molecule has 0 bridgehead atoms. The van der Waals surface area contributed by atoms with Crippen LogP contribution in [0.2, 0.25) is 0 Å². The molecule has 5 heteroatoms. The Hall–Kier alpha value is -2.66. The minimum atomic E-state index is 0.926. The zero-order chi connectivity index (χ0) is 17.8. The van der Waals surface area contributed by atoms with Crippen molar-refractivity contribution in [2.75, 3.05) is 31.1 Å². The lowest BCUT2D eigenvalue weighted by Crippen LogP contribution is -2.46. The second-order valence-corrected chi connectivity index (χ2v) is 6.71. The van der Waals surface area contributed by atoms with E-state index in [0.717, 1.165) is 45.1 Å². The van der Waals surface area contributed by atoms with Gasteiger partial charge in [-0.15, -0.1) is 0 Å². The van der Waals surface area contributed by atoms with Crippen molar-refractivity contribution < 1.29 is 0 Å². The molecule has 0 unspecified atom stereocenters. The summed E-state index contributed by atoms with van der Waals surface area (Å²) in [4.78, 5) is 9.61. The van der Waals surface area contributed by atoms with Crippen molar-refractivity contribution >= 4 is 5.82 Å². The maximum Gasteiger partial charge on any atom is 0.136 e. The van der Waals surface area contributed by atoms with Crippen LogP contribution in [0.25, 0.3) is 11.1 Å². The van der Waals surface area contributed by atoms with E-state index in [1.807, 2.05) is 23.1 Å². The van der Waals surface area contributed by atoms with Crippen LogP contribution >= 0.6 is 0 Å². The fourth-order valence-corrected chi connectivity index (χ4v) is 3.53. The SMILES string of the molecule is CCn1cc(CN2CCN(c3ncccc3-c3ccccc3)CC2)cn1. The molecule has 0 atom stereocenters. The molecule has 1 fully saturated rings. The van der Waals surface area contributed by atoms with Crippen LogP contribution in [0.4, 0.5) is 5.82 Å². The van der Waals surface area contributed by atoms with Gasteiger partial charge < -0.3 is 4.90 Å². The minimum Gasteiger partial charge on any atom is -0.354 e. The number of hydrogen-bond donors (Lipinski definition) is 0. The van der Waals surface area contributed by atoms with E-state index in [1.54, 1.807) is 0 Å². The molecule has 5 nitrogen and oxygen atoms in total. The molecule has 1 aliphatic heterocycles. The molecule has 1 aliphatic rings. The number of pyridine rings is 1. The van der Waals surface area contributed by atoms with Gasteiger partial charge in [0.1, 0.15) is 5.82 Å². The minimum absolute atomic E-state index is 0.926. The lowest BCUT2D eigenvalue weighted by atomic mass is 10.1. The highest BCUT2D eigenvalue weighted by Gasteiger charge is 2.20.